The van der Waals surface area contributed by atoms with Crippen molar-refractivity contribution in [3.05, 3.63) is 0 Å². The molecule has 6 saturated heterocycles. The molecule has 0 aromatic heterocycles. The summed E-state index contributed by atoms with van der Waals surface area (Å²) in [6.07, 6.45) is -52.9. The van der Waals surface area contributed by atoms with Crippen molar-refractivity contribution in [1.29, 1.82) is 0 Å². The van der Waals surface area contributed by atoms with Crippen molar-refractivity contribution < 1.29 is 154 Å². The fourth-order valence-corrected chi connectivity index (χ4v) is 9.32. The Morgan fingerprint density at radius 1 is 0.329 bits per heavy atom. The lowest BCUT2D eigenvalue weighted by molar-refractivity contribution is -0.386. The Balaban J connectivity index is 1.21. The number of aliphatic hydroxyl groups excluding tert-OH is 18. The lowest BCUT2D eigenvalue weighted by atomic mass is 9.93. The van der Waals surface area contributed by atoms with Crippen molar-refractivity contribution in [2.75, 3.05) is 39.6 Å². The fraction of sp³-hybridized carbons (Fsp3) is 0.950. The van der Waals surface area contributed by atoms with Crippen molar-refractivity contribution in [2.45, 2.75) is 198 Å². The molecule has 73 heavy (non-hydrogen) atoms. The highest BCUT2D eigenvalue weighted by Gasteiger charge is 2.58. The van der Waals surface area contributed by atoms with Crippen molar-refractivity contribution >= 4 is 11.8 Å². The molecule has 0 spiro atoms. The Labute approximate surface area is 413 Å². The van der Waals surface area contributed by atoms with E-state index in [-0.39, 0.29) is 0 Å². The zero-order valence-corrected chi connectivity index (χ0v) is 38.9. The molecule has 20 N–H and O–H groups in total. The van der Waals surface area contributed by atoms with Gasteiger partial charge in [0.25, 0.3) is 0 Å². The average molecular weight is 1070 g/mol. The molecular formula is C40H68N2O31. The second-order valence-corrected chi connectivity index (χ2v) is 18.2. The molecule has 6 fully saturated rings. The maximum Gasteiger partial charge on any atom is 0.217 e. The van der Waals surface area contributed by atoms with E-state index in [0.717, 1.165) is 13.8 Å². The van der Waals surface area contributed by atoms with E-state index in [9.17, 15) is 102 Å². The van der Waals surface area contributed by atoms with Gasteiger partial charge in [-0.25, -0.2) is 0 Å². The van der Waals surface area contributed by atoms with Crippen LogP contribution in [0.2, 0.25) is 0 Å². The molecule has 6 aliphatic heterocycles. The van der Waals surface area contributed by atoms with E-state index in [0.29, 0.717) is 0 Å². The highest BCUT2D eigenvalue weighted by atomic mass is 16.8. The van der Waals surface area contributed by atoms with Gasteiger partial charge in [-0.1, -0.05) is 0 Å². The summed E-state index contributed by atoms with van der Waals surface area (Å²) in [5.74, 6) is -1.69. The molecule has 30 atom stereocenters. The Morgan fingerprint density at radius 3 is 0.986 bits per heavy atom. The summed E-state index contributed by atoms with van der Waals surface area (Å²) in [7, 11) is 0. The third kappa shape index (κ3) is 12.9. The molecule has 0 aliphatic carbocycles. The normalized spacial score (nSPS) is 49.8. The first kappa shape index (κ1) is 60.0. The highest BCUT2D eigenvalue weighted by Crippen LogP contribution is 2.37. The first-order valence-electron chi connectivity index (χ1n) is 23.1. The number of nitrogens with one attached hydrogen (secondary N) is 2. The second kappa shape index (κ2) is 26.0. The van der Waals surface area contributed by atoms with Crippen LogP contribution in [0.25, 0.3) is 0 Å². The number of rotatable bonds is 18. The SMILES string of the molecule is CC(=O)N[C@H]1[C@H](O[C@H]2[C@@H](O)[C@@H](CO)O[C@@H](O[C@H]3[C@H](O)[C@@H](NC(C)=O)[C@H](O[C@H]4[C@@H](O)[C@@H](CO)O[C@@H](O[C@H]5[C@H](O)[C@@H](O)[C@@H](O)O[C@@H]5CO)[C@@H]4O)O[C@@H]3CO)[C@@H]2O)O[C@H](CO)[C@@H](O[C@@H]2O[C@H](CO)[C@H](O)[C@H](O)[C@H]2O)[C@@H]1O. The summed E-state index contributed by atoms with van der Waals surface area (Å²) in [6.45, 7) is -3.79. The van der Waals surface area contributed by atoms with Crippen molar-refractivity contribution in [3.8, 4) is 0 Å². The third-order valence-corrected chi connectivity index (χ3v) is 13.2. The van der Waals surface area contributed by atoms with Gasteiger partial charge in [-0.05, 0) is 0 Å². The maximum absolute atomic E-state index is 12.6. The van der Waals surface area contributed by atoms with E-state index in [1.807, 2.05) is 0 Å². The highest BCUT2D eigenvalue weighted by molar-refractivity contribution is 5.73. The van der Waals surface area contributed by atoms with Crippen LogP contribution in [-0.2, 0) is 61.7 Å². The number of aliphatic hydroxyl groups is 18. The first-order chi connectivity index (χ1) is 34.5. The molecule has 33 heteroatoms. The Bertz CT molecular complexity index is 1750. The van der Waals surface area contributed by atoms with Gasteiger partial charge in [0.15, 0.2) is 37.7 Å². The summed E-state index contributed by atoms with van der Waals surface area (Å²) >= 11 is 0. The summed E-state index contributed by atoms with van der Waals surface area (Å²) in [5.41, 5.74) is 0. The number of carbonyl (C=O) groups excluding carboxylic acids is 2. The lowest BCUT2D eigenvalue weighted by Gasteiger charge is -2.51. The van der Waals surface area contributed by atoms with Crippen LogP contribution in [0.15, 0.2) is 0 Å². The molecule has 33 nitrogen and oxygen atoms in total. The van der Waals surface area contributed by atoms with E-state index < -0.39 is 236 Å². The van der Waals surface area contributed by atoms with Crippen LogP contribution in [0.5, 0.6) is 0 Å². The molecule has 0 aromatic rings. The summed E-state index contributed by atoms with van der Waals surface area (Å²) < 4.78 is 62.4. The molecule has 6 heterocycles. The topological polar surface area (TPSA) is 524 Å². The van der Waals surface area contributed by atoms with E-state index in [2.05, 4.69) is 10.6 Å². The Kier molecular flexibility index (Phi) is 21.3. The first-order valence-corrected chi connectivity index (χ1v) is 23.1. The maximum atomic E-state index is 12.6. The molecule has 0 aromatic carbocycles. The van der Waals surface area contributed by atoms with Crippen molar-refractivity contribution in [3.63, 3.8) is 0 Å². The van der Waals surface area contributed by atoms with Gasteiger partial charge in [0, 0.05) is 13.8 Å². The van der Waals surface area contributed by atoms with Crippen molar-refractivity contribution in [1.82, 2.24) is 10.6 Å². The smallest absolute Gasteiger partial charge is 0.217 e. The minimum Gasteiger partial charge on any atom is -0.394 e. The Hall–Kier alpha value is -2.22. The predicted molar refractivity (Wildman–Crippen MR) is 222 cm³/mol. The van der Waals surface area contributed by atoms with Gasteiger partial charge in [-0.3, -0.25) is 9.59 Å². The summed E-state index contributed by atoms with van der Waals surface area (Å²) in [4.78, 5) is 25.0. The van der Waals surface area contributed by atoms with Crippen LogP contribution in [0.1, 0.15) is 13.8 Å². The van der Waals surface area contributed by atoms with Gasteiger partial charge in [0.1, 0.15) is 146 Å². The molecule has 0 unspecified atom stereocenters. The van der Waals surface area contributed by atoms with Gasteiger partial charge in [-0.15, -0.1) is 0 Å². The van der Waals surface area contributed by atoms with Crippen LogP contribution >= 0.6 is 0 Å². The van der Waals surface area contributed by atoms with Gasteiger partial charge in [0.2, 0.25) is 11.8 Å². The fourth-order valence-electron chi connectivity index (χ4n) is 9.32. The minimum atomic E-state index is -2.21. The van der Waals surface area contributed by atoms with E-state index in [1.54, 1.807) is 0 Å². The number of carbonyl (C=O) groups is 2. The molecular weight excluding hydrogens is 1000 g/mol. The molecule has 0 saturated carbocycles. The van der Waals surface area contributed by atoms with Crippen LogP contribution in [0, 0.1) is 0 Å². The van der Waals surface area contributed by atoms with Crippen LogP contribution in [0.3, 0.4) is 0 Å². The zero-order valence-electron chi connectivity index (χ0n) is 38.9. The monoisotopic (exact) mass is 1070 g/mol. The van der Waals surface area contributed by atoms with Crippen LogP contribution < -0.4 is 10.6 Å². The number of hydrogen-bond donors (Lipinski definition) is 20. The van der Waals surface area contributed by atoms with Crippen LogP contribution in [0.4, 0.5) is 0 Å². The third-order valence-electron chi connectivity index (χ3n) is 13.2. The lowest BCUT2D eigenvalue weighted by Crippen LogP contribution is -2.70. The summed E-state index contributed by atoms with van der Waals surface area (Å²) in [6, 6.07) is -3.53. The van der Waals surface area contributed by atoms with Crippen LogP contribution in [-0.4, -0.2) is 327 Å². The molecule has 424 valence electrons. The second-order valence-electron chi connectivity index (χ2n) is 18.2. The van der Waals surface area contributed by atoms with E-state index >= 15 is 0 Å². The zero-order chi connectivity index (χ0) is 53.9. The molecule has 0 bridgehead atoms. The Morgan fingerprint density at radius 2 is 0.630 bits per heavy atom. The van der Waals surface area contributed by atoms with Gasteiger partial charge in [0.05, 0.1) is 39.6 Å². The number of amides is 2. The van der Waals surface area contributed by atoms with Gasteiger partial charge < -0.3 is 155 Å². The van der Waals surface area contributed by atoms with E-state index in [4.69, 9.17) is 52.1 Å². The number of hydrogen-bond acceptors (Lipinski definition) is 31. The number of ether oxygens (including phenoxy) is 11. The standard InChI is InChI=1S/C40H68N2O31/c1-9(49)41-17-22(54)30(69-38-27(59)24(56)19(51)11(3-43)64-38)15(7-47)67-36(17)72-33-20(52)12(4-44)65-39(28(33)60)70-31-16(8-48)68-37(18(23(31)55)42-10(2)50)73-34-21(53)13(5-45)66-40(29(34)61)71-32-14(6-46)63-35(62)26(58)25(32)57/h11-40,43-48,51-62H,3-8H2,1-2H3,(H,41,49)(H,42,50)/t11-,12-,13-,14-,15-,16-,17-,18-,19+,20+,21+,22-,23-,24+,25-,26-,27-,28-,29-,30-,31-,32-,33+,34+,35+,36+,37+,38+,39+,40+/m1/s1. The molecule has 2 amide bonds. The molecule has 6 rings (SSSR count). The quantitative estimate of drug-likeness (QED) is 0.0606. The van der Waals surface area contributed by atoms with Crippen molar-refractivity contribution in [2.24, 2.45) is 0 Å². The summed E-state index contributed by atoms with van der Waals surface area (Å²) in [5, 5.41) is 196. The minimum absolute atomic E-state index is 0.829. The average Bonchev–Trinajstić information content (AvgIpc) is 3.36. The van der Waals surface area contributed by atoms with Gasteiger partial charge >= 0.3 is 0 Å². The largest absolute Gasteiger partial charge is 0.394 e. The predicted octanol–water partition coefficient (Wildman–Crippen LogP) is -13.8. The molecule has 0 radical (unpaired) electrons. The molecule has 6 aliphatic rings. The van der Waals surface area contributed by atoms with Gasteiger partial charge in [-0.2, -0.15) is 0 Å². The van der Waals surface area contributed by atoms with E-state index in [1.165, 1.54) is 0 Å².